The van der Waals surface area contributed by atoms with Crippen molar-refractivity contribution in [3.05, 3.63) is 35.9 Å². The van der Waals surface area contributed by atoms with Crippen molar-refractivity contribution < 1.29 is 14.3 Å². The lowest BCUT2D eigenvalue weighted by molar-refractivity contribution is -0.129. The Bertz CT molecular complexity index is 554. The third-order valence-electron chi connectivity index (χ3n) is 4.39. The molecule has 0 saturated heterocycles. The molecular weight excluding hydrogens is 362 g/mol. The minimum absolute atomic E-state index is 0.0517. The lowest BCUT2D eigenvalue weighted by Crippen LogP contribution is -2.42. The molecule has 0 spiro atoms. The Hall–Kier alpha value is -1.55. The second kappa shape index (κ2) is 12.8. The molecule has 0 bridgehead atoms. The van der Waals surface area contributed by atoms with Crippen LogP contribution in [0.15, 0.2) is 30.3 Å². The summed E-state index contributed by atoms with van der Waals surface area (Å²) < 4.78 is 5.27. The minimum atomic E-state index is -0.381. The van der Waals surface area contributed by atoms with E-state index in [0.29, 0.717) is 18.1 Å². The molecule has 1 atom stereocenters. The van der Waals surface area contributed by atoms with E-state index in [1.165, 1.54) is 0 Å². The molecule has 1 amide bonds. The quantitative estimate of drug-likeness (QED) is 0.295. The van der Waals surface area contributed by atoms with Crippen LogP contribution in [-0.4, -0.2) is 30.4 Å². The van der Waals surface area contributed by atoms with Gasteiger partial charge in [0.25, 0.3) is 0 Å². The van der Waals surface area contributed by atoms with Gasteiger partial charge in [0.1, 0.15) is 0 Å². The van der Waals surface area contributed by atoms with Crippen molar-refractivity contribution in [1.82, 2.24) is 5.32 Å². The normalized spacial score (nSPS) is 12.4. The summed E-state index contributed by atoms with van der Waals surface area (Å²) in [5, 5.41) is 3.03. The van der Waals surface area contributed by atoms with Crippen molar-refractivity contribution in [2.24, 2.45) is 5.41 Å². The molecule has 0 aliphatic heterocycles. The zero-order valence-corrected chi connectivity index (χ0v) is 17.7. The number of ether oxygens (including phenoxy) is 1. The molecule has 0 aliphatic carbocycles. The van der Waals surface area contributed by atoms with Gasteiger partial charge >= 0.3 is 5.97 Å². The first-order valence-corrected chi connectivity index (χ1v) is 10.5. The Kier molecular flexibility index (Phi) is 11.1. The van der Waals surface area contributed by atoms with Gasteiger partial charge in [0.15, 0.2) is 0 Å². The third-order valence-corrected chi connectivity index (χ3v) is 4.76. The summed E-state index contributed by atoms with van der Waals surface area (Å²) in [7, 11) is 0. The van der Waals surface area contributed by atoms with Gasteiger partial charge in [0, 0.05) is 17.3 Å². The summed E-state index contributed by atoms with van der Waals surface area (Å²) in [6.07, 6.45) is 7.33. The maximum atomic E-state index is 12.0. The predicted octanol–water partition coefficient (Wildman–Crippen LogP) is 5.34. The zero-order valence-electron chi connectivity index (χ0n) is 16.9. The molecule has 0 aromatic heterocycles. The van der Waals surface area contributed by atoms with Crippen molar-refractivity contribution in [2.75, 3.05) is 12.5 Å². The van der Waals surface area contributed by atoms with Crippen LogP contribution in [0.2, 0.25) is 0 Å². The van der Waals surface area contributed by atoms with Gasteiger partial charge in [-0.15, -0.1) is 11.6 Å². The number of unbranched alkanes of at least 4 members (excludes halogenated alkanes) is 5. The highest BCUT2D eigenvalue weighted by atomic mass is 35.5. The highest BCUT2D eigenvalue weighted by Crippen LogP contribution is 2.15. The summed E-state index contributed by atoms with van der Waals surface area (Å²) in [6, 6.07) is 9.13. The Labute approximate surface area is 169 Å². The van der Waals surface area contributed by atoms with Crippen molar-refractivity contribution >= 4 is 23.5 Å². The fourth-order valence-corrected chi connectivity index (χ4v) is 2.84. The number of hydrogen-bond acceptors (Lipinski definition) is 3. The van der Waals surface area contributed by atoms with Crippen LogP contribution in [0.5, 0.6) is 0 Å². The maximum Gasteiger partial charge on any atom is 0.338 e. The lowest BCUT2D eigenvalue weighted by Gasteiger charge is -2.23. The summed E-state index contributed by atoms with van der Waals surface area (Å²) >= 11 is 5.97. The van der Waals surface area contributed by atoms with Gasteiger partial charge in [0.05, 0.1) is 12.2 Å². The molecule has 0 fully saturated rings. The van der Waals surface area contributed by atoms with E-state index >= 15 is 0 Å². The Morgan fingerprint density at radius 1 is 1.00 bits per heavy atom. The van der Waals surface area contributed by atoms with Crippen LogP contribution < -0.4 is 5.32 Å². The van der Waals surface area contributed by atoms with Crippen LogP contribution in [0.25, 0.3) is 0 Å². The Morgan fingerprint density at radius 3 is 2.19 bits per heavy atom. The number of halogens is 1. The SMILES string of the molecule is CC(C)(C)C(=O)NC(CCl)CCCCCCCCOC(=O)c1ccccc1. The molecular formula is C22H34ClNO3. The third kappa shape index (κ3) is 10.4. The van der Waals surface area contributed by atoms with Crippen molar-refractivity contribution in [3.63, 3.8) is 0 Å². The Balaban J connectivity index is 2.02. The summed E-state index contributed by atoms with van der Waals surface area (Å²) in [6.45, 7) is 6.20. The molecule has 27 heavy (non-hydrogen) atoms. The van der Waals surface area contributed by atoms with E-state index < -0.39 is 0 Å². The Morgan fingerprint density at radius 2 is 1.59 bits per heavy atom. The van der Waals surface area contributed by atoms with Gasteiger partial charge < -0.3 is 10.1 Å². The van der Waals surface area contributed by atoms with E-state index in [1.807, 2.05) is 39.0 Å². The van der Waals surface area contributed by atoms with Crippen molar-refractivity contribution in [3.8, 4) is 0 Å². The summed E-state index contributed by atoms with van der Waals surface area (Å²) in [5.74, 6) is 0.257. The molecule has 4 nitrogen and oxygen atoms in total. The van der Waals surface area contributed by atoms with Gasteiger partial charge in [0.2, 0.25) is 5.91 Å². The van der Waals surface area contributed by atoms with Gasteiger partial charge in [-0.25, -0.2) is 4.79 Å². The zero-order chi connectivity index (χ0) is 20.1. The van der Waals surface area contributed by atoms with Gasteiger partial charge in [-0.2, -0.15) is 0 Å². The second-order valence-corrected chi connectivity index (χ2v) is 8.30. The van der Waals surface area contributed by atoms with Crippen molar-refractivity contribution in [1.29, 1.82) is 0 Å². The smallest absolute Gasteiger partial charge is 0.338 e. The summed E-state index contributed by atoms with van der Waals surface area (Å²) in [4.78, 5) is 23.8. The van der Waals surface area contributed by atoms with Crippen LogP contribution in [0.4, 0.5) is 0 Å². The number of nitrogens with one attached hydrogen (secondary N) is 1. The average molecular weight is 396 g/mol. The molecule has 152 valence electrons. The molecule has 1 rings (SSSR count). The van der Waals surface area contributed by atoms with Crippen LogP contribution in [0, 0.1) is 5.41 Å². The fourth-order valence-electron chi connectivity index (χ4n) is 2.61. The van der Waals surface area contributed by atoms with Crippen LogP contribution in [-0.2, 0) is 9.53 Å². The topological polar surface area (TPSA) is 55.4 Å². The van der Waals surface area contributed by atoms with Gasteiger partial charge in [-0.3, -0.25) is 4.79 Å². The number of alkyl halides is 1. The van der Waals surface area contributed by atoms with E-state index in [2.05, 4.69) is 5.32 Å². The molecule has 1 N–H and O–H groups in total. The molecule has 0 aliphatic rings. The first-order valence-electron chi connectivity index (χ1n) is 9.93. The highest BCUT2D eigenvalue weighted by Gasteiger charge is 2.23. The number of carbonyl (C=O) groups is 2. The number of carbonyl (C=O) groups excluding carboxylic acids is 2. The first-order chi connectivity index (χ1) is 12.8. The first kappa shape index (κ1) is 23.5. The fraction of sp³-hybridized carbons (Fsp3) is 0.636. The highest BCUT2D eigenvalue weighted by molar-refractivity contribution is 6.18. The molecule has 1 unspecified atom stereocenters. The number of esters is 1. The molecule has 0 heterocycles. The van der Waals surface area contributed by atoms with Crippen LogP contribution in [0.1, 0.15) is 76.1 Å². The lowest BCUT2D eigenvalue weighted by atomic mass is 9.95. The van der Waals surface area contributed by atoms with Crippen LogP contribution >= 0.6 is 11.6 Å². The average Bonchev–Trinajstić information content (AvgIpc) is 2.65. The van der Waals surface area contributed by atoms with Crippen LogP contribution in [0.3, 0.4) is 0 Å². The molecule has 0 radical (unpaired) electrons. The van der Waals surface area contributed by atoms with E-state index in [9.17, 15) is 9.59 Å². The number of rotatable bonds is 12. The molecule has 1 aromatic rings. The van der Waals surface area contributed by atoms with E-state index in [4.69, 9.17) is 16.3 Å². The standard InChI is InChI=1S/C22H34ClNO3/c1-22(2,3)21(26)24-19(17-23)15-11-6-4-5-7-12-16-27-20(25)18-13-9-8-10-14-18/h8-10,13-14,19H,4-7,11-12,15-17H2,1-3H3,(H,24,26). The molecule has 5 heteroatoms. The van der Waals surface area contributed by atoms with E-state index in [0.717, 1.165) is 44.9 Å². The van der Waals surface area contributed by atoms with Gasteiger partial charge in [-0.05, 0) is 25.0 Å². The maximum absolute atomic E-state index is 12.0. The van der Waals surface area contributed by atoms with Crippen molar-refractivity contribution in [2.45, 2.75) is 71.8 Å². The second-order valence-electron chi connectivity index (χ2n) is 7.99. The number of benzene rings is 1. The largest absolute Gasteiger partial charge is 0.462 e. The molecule has 0 saturated carbocycles. The number of hydrogen-bond donors (Lipinski definition) is 1. The molecule has 1 aromatic carbocycles. The predicted molar refractivity (Wildman–Crippen MR) is 111 cm³/mol. The van der Waals surface area contributed by atoms with Gasteiger partial charge in [-0.1, -0.05) is 71.1 Å². The monoisotopic (exact) mass is 395 g/mol. The summed E-state index contributed by atoms with van der Waals surface area (Å²) in [5.41, 5.74) is 0.221. The van der Waals surface area contributed by atoms with E-state index in [1.54, 1.807) is 12.1 Å². The van der Waals surface area contributed by atoms with E-state index in [-0.39, 0.29) is 23.3 Å². The number of amides is 1. The minimum Gasteiger partial charge on any atom is -0.462 e.